The maximum atomic E-state index is 11.3. The third kappa shape index (κ3) is 5.05. The highest BCUT2D eigenvalue weighted by atomic mass is 16.5. The molecule has 21 heavy (non-hydrogen) atoms. The molecule has 1 fully saturated rings. The number of nitrogens with zero attached hydrogens (tertiary/aromatic N) is 1. The number of carboxylic acid groups (broad SMARTS) is 1. The summed E-state index contributed by atoms with van der Waals surface area (Å²) < 4.78 is 5.73. The minimum Gasteiger partial charge on any atom is -0.494 e. The summed E-state index contributed by atoms with van der Waals surface area (Å²) in [7, 11) is 0. The number of hydrogen-bond donors (Lipinski definition) is 1. The fraction of sp³-hybridized carbons (Fsp3) is 0.588. The van der Waals surface area contributed by atoms with Crippen molar-refractivity contribution in [2.24, 2.45) is 0 Å². The number of carbonyl (C=O) groups is 1. The molecule has 116 valence electrons. The van der Waals surface area contributed by atoms with Gasteiger partial charge in [0.15, 0.2) is 0 Å². The third-order valence-electron chi connectivity index (χ3n) is 4.00. The minimum absolute atomic E-state index is 0.313. The lowest BCUT2D eigenvalue weighted by Crippen LogP contribution is -2.41. The van der Waals surface area contributed by atoms with E-state index in [0.29, 0.717) is 6.61 Å². The van der Waals surface area contributed by atoms with Gasteiger partial charge in [0.2, 0.25) is 0 Å². The summed E-state index contributed by atoms with van der Waals surface area (Å²) in [6.45, 7) is 4.36. The second-order valence-corrected chi connectivity index (χ2v) is 5.76. The van der Waals surface area contributed by atoms with E-state index in [2.05, 4.69) is 4.90 Å². The van der Waals surface area contributed by atoms with Crippen LogP contribution in [0.3, 0.4) is 0 Å². The fourth-order valence-electron chi connectivity index (χ4n) is 2.88. The van der Waals surface area contributed by atoms with Gasteiger partial charge in [0.25, 0.3) is 0 Å². The summed E-state index contributed by atoms with van der Waals surface area (Å²) in [5.41, 5.74) is 1.19. The second-order valence-electron chi connectivity index (χ2n) is 5.76. The van der Waals surface area contributed by atoms with Crippen molar-refractivity contribution in [3.8, 4) is 5.75 Å². The van der Waals surface area contributed by atoms with Gasteiger partial charge in [-0.2, -0.15) is 0 Å². The number of ether oxygens (including phenoxy) is 1. The summed E-state index contributed by atoms with van der Waals surface area (Å²) in [6, 6.07) is 7.69. The lowest BCUT2D eigenvalue weighted by atomic mass is 10.1. The normalized spacial score (nSPS) is 20.0. The van der Waals surface area contributed by atoms with E-state index < -0.39 is 5.97 Å². The highest BCUT2D eigenvalue weighted by Crippen LogP contribution is 2.18. The number of likely N-dealkylation sites (tertiary alicyclic amines) is 1. The molecule has 1 aliphatic rings. The van der Waals surface area contributed by atoms with Crippen LogP contribution in [0.4, 0.5) is 0 Å². The molecule has 1 aromatic carbocycles. The van der Waals surface area contributed by atoms with Crippen molar-refractivity contribution in [2.45, 2.75) is 45.1 Å². The summed E-state index contributed by atoms with van der Waals surface area (Å²) in [6.07, 6.45) is 4.89. The molecule has 0 aromatic heterocycles. The van der Waals surface area contributed by atoms with Gasteiger partial charge in [-0.25, -0.2) is 0 Å². The molecule has 2 rings (SSSR count). The number of benzene rings is 1. The summed E-state index contributed by atoms with van der Waals surface area (Å²) in [5, 5.41) is 9.33. The van der Waals surface area contributed by atoms with Gasteiger partial charge >= 0.3 is 5.97 Å². The topological polar surface area (TPSA) is 49.8 Å². The van der Waals surface area contributed by atoms with E-state index in [1.54, 1.807) is 0 Å². The lowest BCUT2D eigenvalue weighted by Gasteiger charge is -2.26. The highest BCUT2D eigenvalue weighted by Gasteiger charge is 2.26. The number of carboxylic acids is 1. The van der Waals surface area contributed by atoms with Crippen molar-refractivity contribution >= 4 is 5.97 Å². The van der Waals surface area contributed by atoms with Crippen LogP contribution < -0.4 is 4.74 Å². The van der Waals surface area contributed by atoms with Gasteiger partial charge in [-0.3, -0.25) is 9.69 Å². The van der Waals surface area contributed by atoms with Crippen LogP contribution in [0.5, 0.6) is 5.75 Å². The zero-order valence-electron chi connectivity index (χ0n) is 12.8. The molecule has 0 saturated carbocycles. The maximum absolute atomic E-state index is 11.3. The van der Waals surface area contributed by atoms with Crippen LogP contribution in [0.15, 0.2) is 24.3 Å². The highest BCUT2D eigenvalue weighted by molar-refractivity contribution is 5.73. The molecule has 1 heterocycles. The zero-order chi connectivity index (χ0) is 15.1. The van der Waals surface area contributed by atoms with E-state index >= 15 is 0 Å². The molecule has 0 amide bonds. The molecule has 0 aliphatic carbocycles. The van der Waals surface area contributed by atoms with E-state index in [1.165, 1.54) is 5.56 Å². The third-order valence-corrected chi connectivity index (χ3v) is 4.00. The van der Waals surface area contributed by atoms with Crippen molar-refractivity contribution < 1.29 is 14.6 Å². The molecule has 1 atom stereocenters. The van der Waals surface area contributed by atoms with Gasteiger partial charge in [-0.05, 0) is 50.4 Å². The number of hydrogen-bond acceptors (Lipinski definition) is 3. The minimum atomic E-state index is -0.684. The first-order valence-electron chi connectivity index (χ1n) is 7.83. The zero-order valence-corrected chi connectivity index (χ0v) is 12.8. The lowest BCUT2D eigenvalue weighted by molar-refractivity contribution is -0.143. The maximum Gasteiger partial charge on any atom is 0.320 e. The molecule has 1 N–H and O–H groups in total. The Morgan fingerprint density at radius 3 is 3.00 bits per heavy atom. The van der Waals surface area contributed by atoms with Crippen LogP contribution in [0.1, 0.15) is 37.7 Å². The first-order chi connectivity index (χ1) is 10.2. The van der Waals surface area contributed by atoms with Crippen molar-refractivity contribution in [3.05, 3.63) is 29.8 Å². The van der Waals surface area contributed by atoms with Crippen molar-refractivity contribution in [1.82, 2.24) is 4.90 Å². The van der Waals surface area contributed by atoms with E-state index in [9.17, 15) is 9.90 Å². The first kappa shape index (κ1) is 15.8. The Kier molecular flexibility index (Phi) is 6.05. The Balaban J connectivity index is 1.77. The number of aliphatic carboxylic acids is 1. The van der Waals surface area contributed by atoms with Crippen molar-refractivity contribution in [1.29, 1.82) is 0 Å². The van der Waals surface area contributed by atoms with Gasteiger partial charge in [0.1, 0.15) is 11.8 Å². The van der Waals surface area contributed by atoms with Crippen LogP contribution in [0.2, 0.25) is 0 Å². The van der Waals surface area contributed by atoms with Crippen molar-refractivity contribution in [2.75, 3.05) is 19.7 Å². The van der Waals surface area contributed by atoms with Gasteiger partial charge in [0.05, 0.1) is 6.61 Å². The van der Waals surface area contributed by atoms with Gasteiger partial charge in [-0.1, -0.05) is 25.0 Å². The molecule has 4 nitrogen and oxygen atoms in total. The monoisotopic (exact) mass is 291 g/mol. The quantitative estimate of drug-likeness (QED) is 0.818. The van der Waals surface area contributed by atoms with Crippen LogP contribution in [-0.4, -0.2) is 41.7 Å². The SMILES string of the molecule is Cc1cccc(OCCCN2CCCCCC2C(=O)O)c1. The molecular weight excluding hydrogens is 266 g/mol. The Hall–Kier alpha value is -1.55. The summed E-state index contributed by atoms with van der Waals surface area (Å²) in [5.74, 6) is 0.206. The number of aryl methyl sites for hydroxylation is 1. The van der Waals surface area contributed by atoms with E-state index in [4.69, 9.17) is 4.74 Å². The Bertz CT molecular complexity index is 461. The molecule has 0 radical (unpaired) electrons. The average Bonchev–Trinajstić information content (AvgIpc) is 2.69. The predicted octanol–water partition coefficient (Wildman–Crippen LogP) is 3.09. The van der Waals surface area contributed by atoms with Crippen molar-refractivity contribution in [3.63, 3.8) is 0 Å². The summed E-state index contributed by atoms with van der Waals surface area (Å²) >= 11 is 0. The Labute approximate surface area is 126 Å². The molecule has 1 saturated heterocycles. The van der Waals surface area contributed by atoms with E-state index in [1.807, 2.05) is 31.2 Å². The van der Waals surface area contributed by atoms with Gasteiger partial charge in [0, 0.05) is 6.54 Å². The largest absolute Gasteiger partial charge is 0.494 e. The fourth-order valence-corrected chi connectivity index (χ4v) is 2.88. The molecule has 1 aromatic rings. The molecule has 0 bridgehead atoms. The Morgan fingerprint density at radius 1 is 1.38 bits per heavy atom. The second kappa shape index (κ2) is 8.03. The Morgan fingerprint density at radius 2 is 2.24 bits per heavy atom. The van der Waals surface area contributed by atoms with Crippen LogP contribution in [0, 0.1) is 6.92 Å². The van der Waals surface area contributed by atoms with Gasteiger partial charge in [-0.15, -0.1) is 0 Å². The van der Waals surface area contributed by atoms with E-state index in [0.717, 1.165) is 50.9 Å². The standard InChI is InChI=1S/C17H25NO3/c1-14-7-5-8-15(13-14)21-12-6-11-18-10-4-2-3-9-16(18)17(19)20/h5,7-8,13,16H,2-4,6,9-12H2,1H3,(H,19,20). The average molecular weight is 291 g/mol. The molecule has 0 spiro atoms. The molecule has 4 heteroatoms. The van der Waals surface area contributed by atoms with E-state index in [-0.39, 0.29) is 6.04 Å². The first-order valence-corrected chi connectivity index (χ1v) is 7.83. The van der Waals surface area contributed by atoms with Crippen LogP contribution >= 0.6 is 0 Å². The smallest absolute Gasteiger partial charge is 0.320 e. The predicted molar refractivity (Wildman–Crippen MR) is 82.8 cm³/mol. The molecular formula is C17H25NO3. The van der Waals surface area contributed by atoms with Gasteiger partial charge < -0.3 is 9.84 Å². The molecule has 1 aliphatic heterocycles. The van der Waals surface area contributed by atoms with Crippen LogP contribution in [-0.2, 0) is 4.79 Å². The molecule has 1 unspecified atom stereocenters. The summed E-state index contributed by atoms with van der Waals surface area (Å²) in [4.78, 5) is 13.4. The van der Waals surface area contributed by atoms with Crippen LogP contribution in [0.25, 0.3) is 0 Å². The number of rotatable bonds is 6.